The molecule has 1 unspecified atom stereocenters. The molecule has 1 aromatic carbocycles. The Bertz CT molecular complexity index is 298. The Morgan fingerprint density at radius 1 is 0.875 bits per heavy atom. The van der Waals surface area contributed by atoms with Gasteiger partial charge in [-0.25, -0.2) is 0 Å². The van der Waals surface area contributed by atoms with Crippen LogP contribution in [0.1, 0.15) is 38.8 Å². The lowest BCUT2D eigenvalue weighted by atomic mass is 9.97. The summed E-state index contributed by atoms with van der Waals surface area (Å²) in [5.74, 6) is 1.03. The lowest BCUT2D eigenvalue weighted by Crippen LogP contribution is -2.17. The third kappa shape index (κ3) is 4.36. The summed E-state index contributed by atoms with van der Waals surface area (Å²) < 4.78 is 0. The third-order valence-electron chi connectivity index (χ3n) is 2.88. The maximum atomic E-state index is 9.79. The van der Waals surface area contributed by atoms with E-state index in [-0.39, 0.29) is 6.10 Å². The van der Waals surface area contributed by atoms with Gasteiger partial charge in [0, 0.05) is 0 Å². The second-order valence-corrected chi connectivity index (χ2v) is 5.43. The molecular weight excluding hydrogens is 196 g/mol. The number of rotatable bonds is 5. The van der Waals surface area contributed by atoms with E-state index < -0.39 is 0 Å². The van der Waals surface area contributed by atoms with E-state index in [0.717, 1.165) is 12.8 Å². The van der Waals surface area contributed by atoms with Crippen LogP contribution in [0.4, 0.5) is 0 Å². The fourth-order valence-electron chi connectivity index (χ4n) is 1.76. The zero-order chi connectivity index (χ0) is 12.1. The Labute approximate surface area is 99.5 Å². The Morgan fingerprint density at radius 3 is 1.69 bits per heavy atom. The molecule has 0 spiro atoms. The van der Waals surface area contributed by atoms with Gasteiger partial charge in [0.05, 0.1) is 6.10 Å². The summed E-state index contributed by atoms with van der Waals surface area (Å²) in [5.41, 5.74) is 2.62. The summed E-state index contributed by atoms with van der Waals surface area (Å²) in [6.45, 7) is 8.57. The average molecular weight is 220 g/mol. The van der Waals surface area contributed by atoms with Crippen LogP contribution < -0.4 is 0 Å². The summed E-state index contributed by atoms with van der Waals surface area (Å²) in [6, 6.07) is 8.65. The Kier molecular flexibility index (Phi) is 5.01. The topological polar surface area (TPSA) is 20.2 Å². The number of aliphatic hydroxyl groups excluding tert-OH is 1. The van der Waals surface area contributed by atoms with Gasteiger partial charge in [0.2, 0.25) is 0 Å². The first kappa shape index (κ1) is 13.2. The van der Waals surface area contributed by atoms with Crippen LogP contribution in [-0.4, -0.2) is 11.2 Å². The molecule has 1 atom stereocenters. The first-order valence-corrected chi connectivity index (χ1v) is 6.25. The van der Waals surface area contributed by atoms with Crippen LogP contribution in [0.3, 0.4) is 0 Å². The minimum Gasteiger partial charge on any atom is -0.393 e. The van der Waals surface area contributed by atoms with Gasteiger partial charge in [-0.05, 0) is 35.8 Å². The highest BCUT2D eigenvalue weighted by Gasteiger charge is 2.09. The van der Waals surface area contributed by atoms with E-state index in [9.17, 15) is 5.11 Å². The molecule has 16 heavy (non-hydrogen) atoms. The number of aliphatic hydroxyl groups is 1. The molecule has 0 aliphatic carbocycles. The van der Waals surface area contributed by atoms with Crippen molar-refractivity contribution in [1.82, 2.24) is 0 Å². The van der Waals surface area contributed by atoms with Gasteiger partial charge in [0.1, 0.15) is 0 Å². The predicted octanol–water partition coefficient (Wildman–Crippen LogP) is 3.44. The molecule has 0 saturated carbocycles. The molecule has 0 saturated heterocycles. The Morgan fingerprint density at radius 2 is 1.31 bits per heavy atom. The molecular formula is C15H24O. The van der Waals surface area contributed by atoms with Crippen LogP contribution in [0.5, 0.6) is 0 Å². The second-order valence-electron chi connectivity index (χ2n) is 5.43. The highest BCUT2D eigenvalue weighted by atomic mass is 16.3. The molecule has 0 radical (unpaired) electrons. The van der Waals surface area contributed by atoms with Crippen molar-refractivity contribution in [2.45, 2.75) is 46.6 Å². The normalized spacial score (nSPS) is 13.4. The van der Waals surface area contributed by atoms with Gasteiger partial charge in [0.15, 0.2) is 0 Å². The zero-order valence-corrected chi connectivity index (χ0v) is 10.9. The molecule has 90 valence electrons. The van der Waals surface area contributed by atoms with E-state index in [1.165, 1.54) is 11.1 Å². The van der Waals surface area contributed by atoms with Crippen molar-refractivity contribution in [2.75, 3.05) is 0 Å². The minimum atomic E-state index is -0.226. The van der Waals surface area contributed by atoms with Crippen molar-refractivity contribution >= 4 is 0 Å². The van der Waals surface area contributed by atoms with Gasteiger partial charge in [-0.15, -0.1) is 0 Å². The van der Waals surface area contributed by atoms with Crippen molar-refractivity contribution in [1.29, 1.82) is 0 Å². The first-order valence-electron chi connectivity index (χ1n) is 6.25. The number of benzene rings is 1. The van der Waals surface area contributed by atoms with Gasteiger partial charge in [-0.3, -0.25) is 0 Å². The lowest BCUT2D eigenvalue weighted by Gasteiger charge is -2.14. The molecule has 0 aliphatic heterocycles. The molecule has 0 heterocycles. The van der Waals surface area contributed by atoms with Crippen LogP contribution in [0.25, 0.3) is 0 Å². The van der Waals surface area contributed by atoms with Crippen molar-refractivity contribution in [2.24, 2.45) is 11.8 Å². The van der Waals surface area contributed by atoms with E-state index in [2.05, 4.69) is 52.0 Å². The van der Waals surface area contributed by atoms with Crippen LogP contribution >= 0.6 is 0 Å². The highest BCUT2D eigenvalue weighted by Crippen LogP contribution is 2.13. The fraction of sp³-hybridized carbons (Fsp3) is 0.600. The van der Waals surface area contributed by atoms with Gasteiger partial charge < -0.3 is 5.11 Å². The quantitative estimate of drug-likeness (QED) is 0.806. The van der Waals surface area contributed by atoms with Gasteiger partial charge >= 0.3 is 0 Å². The number of hydrogen-bond donors (Lipinski definition) is 1. The SMILES string of the molecule is CC(C)Cc1ccc(CC(O)C(C)C)cc1. The maximum absolute atomic E-state index is 9.79. The molecule has 0 fully saturated rings. The van der Waals surface area contributed by atoms with Crippen molar-refractivity contribution < 1.29 is 5.11 Å². The van der Waals surface area contributed by atoms with Crippen molar-refractivity contribution in [3.05, 3.63) is 35.4 Å². The zero-order valence-electron chi connectivity index (χ0n) is 10.9. The third-order valence-corrected chi connectivity index (χ3v) is 2.88. The van der Waals surface area contributed by atoms with Gasteiger partial charge in [0.25, 0.3) is 0 Å². The van der Waals surface area contributed by atoms with Crippen LogP contribution in [-0.2, 0) is 12.8 Å². The largest absolute Gasteiger partial charge is 0.393 e. The van der Waals surface area contributed by atoms with Crippen LogP contribution in [0, 0.1) is 11.8 Å². The molecule has 0 aliphatic rings. The Hall–Kier alpha value is -0.820. The maximum Gasteiger partial charge on any atom is 0.0603 e. The molecule has 1 nitrogen and oxygen atoms in total. The van der Waals surface area contributed by atoms with Crippen LogP contribution in [0.2, 0.25) is 0 Å². The standard InChI is InChI=1S/C15H24O/c1-11(2)9-13-5-7-14(8-6-13)10-15(16)12(3)4/h5-8,11-12,15-16H,9-10H2,1-4H3. The monoisotopic (exact) mass is 220 g/mol. The second kappa shape index (κ2) is 6.05. The van der Waals surface area contributed by atoms with E-state index in [0.29, 0.717) is 11.8 Å². The number of hydrogen-bond acceptors (Lipinski definition) is 1. The highest BCUT2D eigenvalue weighted by molar-refractivity contribution is 5.23. The lowest BCUT2D eigenvalue weighted by molar-refractivity contribution is 0.125. The molecule has 0 bridgehead atoms. The summed E-state index contributed by atoms with van der Waals surface area (Å²) in [4.78, 5) is 0. The van der Waals surface area contributed by atoms with E-state index in [1.54, 1.807) is 0 Å². The summed E-state index contributed by atoms with van der Waals surface area (Å²) in [7, 11) is 0. The first-order chi connectivity index (χ1) is 7.49. The molecule has 0 amide bonds. The summed E-state index contributed by atoms with van der Waals surface area (Å²) in [5, 5.41) is 9.79. The summed E-state index contributed by atoms with van der Waals surface area (Å²) >= 11 is 0. The van der Waals surface area contributed by atoms with Crippen molar-refractivity contribution in [3.8, 4) is 0 Å². The molecule has 0 aromatic heterocycles. The van der Waals surface area contributed by atoms with E-state index in [1.807, 2.05) is 0 Å². The minimum absolute atomic E-state index is 0.226. The van der Waals surface area contributed by atoms with Gasteiger partial charge in [-0.1, -0.05) is 52.0 Å². The van der Waals surface area contributed by atoms with E-state index >= 15 is 0 Å². The van der Waals surface area contributed by atoms with Crippen molar-refractivity contribution in [3.63, 3.8) is 0 Å². The smallest absolute Gasteiger partial charge is 0.0603 e. The van der Waals surface area contributed by atoms with E-state index in [4.69, 9.17) is 0 Å². The molecule has 1 N–H and O–H groups in total. The fourth-order valence-corrected chi connectivity index (χ4v) is 1.76. The average Bonchev–Trinajstić information content (AvgIpc) is 2.20. The Balaban J connectivity index is 2.57. The predicted molar refractivity (Wildman–Crippen MR) is 69.5 cm³/mol. The van der Waals surface area contributed by atoms with Gasteiger partial charge in [-0.2, -0.15) is 0 Å². The van der Waals surface area contributed by atoms with Crippen LogP contribution in [0.15, 0.2) is 24.3 Å². The molecule has 1 aromatic rings. The summed E-state index contributed by atoms with van der Waals surface area (Å²) in [6.07, 6.45) is 1.67. The molecule has 1 rings (SSSR count). The molecule has 1 heteroatoms.